The Bertz CT molecular complexity index is 820. The molecular weight excluding hydrogens is 381 g/mol. The fourth-order valence-electron chi connectivity index (χ4n) is 3.57. The molecule has 0 saturated heterocycles. The highest BCUT2D eigenvalue weighted by atomic mass is 31.2. The molecule has 0 heterocycles. The van der Waals surface area contributed by atoms with Crippen molar-refractivity contribution in [2.45, 2.75) is 37.1 Å². The molecule has 1 aliphatic carbocycles. The number of ether oxygens (including phenoxy) is 1. The number of aromatic hydroxyl groups is 1. The number of hydrogen-bond donors (Lipinski definition) is 4. The molecule has 0 bridgehead atoms. The highest BCUT2D eigenvalue weighted by Gasteiger charge is 2.38. The molecule has 0 amide bonds. The number of benzene rings is 2. The van der Waals surface area contributed by atoms with Crippen molar-refractivity contribution in [1.29, 1.82) is 0 Å². The smallest absolute Gasteiger partial charge is 0.469 e. The normalized spacial score (nSPS) is 22.3. The fraction of sp³-hybridized carbons (Fsp3) is 0.400. The first kappa shape index (κ1) is 20.8. The number of rotatable bonds is 8. The number of phosphoric acid groups is 1. The second-order valence-electron chi connectivity index (χ2n) is 7.40. The second kappa shape index (κ2) is 8.64. The first-order chi connectivity index (χ1) is 13.2. The van der Waals surface area contributed by atoms with Crippen molar-refractivity contribution in [2.75, 3.05) is 13.2 Å². The van der Waals surface area contributed by atoms with Crippen molar-refractivity contribution in [3.8, 4) is 11.5 Å². The summed E-state index contributed by atoms with van der Waals surface area (Å²) in [4.78, 5) is 17.7. The van der Waals surface area contributed by atoms with Crippen LogP contribution < -0.4 is 10.5 Å². The summed E-state index contributed by atoms with van der Waals surface area (Å²) >= 11 is 0. The van der Waals surface area contributed by atoms with Crippen LogP contribution in [0.3, 0.4) is 0 Å². The molecule has 1 fully saturated rings. The number of phenolic OH excluding ortho intramolecular Hbond substituents is 1. The number of phosphoric ester groups is 1. The van der Waals surface area contributed by atoms with Gasteiger partial charge in [0.05, 0.1) is 13.2 Å². The molecule has 0 unspecified atom stereocenters. The van der Waals surface area contributed by atoms with Crippen molar-refractivity contribution in [2.24, 2.45) is 5.73 Å². The highest BCUT2D eigenvalue weighted by Crippen LogP contribution is 2.43. The summed E-state index contributed by atoms with van der Waals surface area (Å²) < 4.78 is 21.3. The third kappa shape index (κ3) is 6.06. The maximum atomic E-state index is 10.9. The maximum Gasteiger partial charge on any atom is 0.469 e. The van der Waals surface area contributed by atoms with Crippen LogP contribution >= 0.6 is 7.82 Å². The lowest BCUT2D eigenvalue weighted by atomic mass is 9.94. The van der Waals surface area contributed by atoms with Gasteiger partial charge < -0.3 is 25.4 Å². The zero-order chi connectivity index (χ0) is 20.2. The first-order valence-electron chi connectivity index (χ1n) is 9.22. The Balaban J connectivity index is 1.49. The Morgan fingerprint density at radius 1 is 1.11 bits per heavy atom. The van der Waals surface area contributed by atoms with Gasteiger partial charge in [-0.2, -0.15) is 0 Å². The Hall–Kier alpha value is -1.89. The molecule has 2 aromatic rings. The van der Waals surface area contributed by atoms with Gasteiger partial charge in [0, 0.05) is 12.0 Å². The number of hydrogen-bond acceptors (Lipinski definition) is 5. The molecule has 7 nitrogen and oxygen atoms in total. The van der Waals surface area contributed by atoms with E-state index in [-0.39, 0.29) is 18.3 Å². The van der Waals surface area contributed by atoms with Crippen LogP contribution in [0.4, 0.5) is 0 Å². The Morgan fingerprint density at radius 2 is 1.79 bits per heavy atom. The highest BCUT2D eigenvalue weighted by molar-refractivity contribution is 7.46. The first-order valence-corrected chi connectivity index (χ1v) is 10.8. The summed E-state index contributed by atoms with van der Waals surface area (Å²) in [6.07, 6.45) is 2.87. The fourth-order valence-corrected chi connectivity index (χ4v) is 4.00. The zero-order valence-electron chi connectivity index (χ0n) is 15.5. The summed E-state index contributed by atoms with van der Waals surface area (Å²) in [5, 5.41) is 9.29. The van der Waals surface area contributed by atoms with Gasteiger partial charge in [0.25, 0.3) is 0 Å². The number of phenols is 1. The topological polar surface area (TPSA) is 122 Å². The summed E-state index contributed by atoms with van der Waals surface area (Å²) in [5.41, 5.74) is 7.76. The van der Waals surface area contributed by atoms with Crippen LogP contribution in [-0.2, 0) is 15.5 Å². The average molecular weight is 407 g/mol. The van der Waals surface area contributed by atoms with E-state index in [9.17, 15) is 9.67 Å². The minimum Gasteiger partial charge on any atom is -0.508 e. The quantitative estimate of drug-likeness (QED) is 0.496. The Labute approximate surface area is 164 Å². The zero-order valence-corrected chi connectivity index (χ0v) is 16.4. The molecule has 0 aromatic heterocycles. The molecule has 5 N–H and O–H groups in total. The predicted octanol–water partition coefficient (Wildman–Crippen LogP) is 3.09. The molecule has 3 rings (SSSR count). The summed E-state index contributed by atoms with van der Waals surface area (Å²) in [6, 6.07) is 14.9. The molecule has 2 aromatic carbocycles. The van der Waals surface area contributed by atoms with Gasteiger partial charge in [-0.3, -0.25) is 4.52 Å². The maximum absolute atomic E-state index is 10.9. The minimum atomic E-state index is -4.50. The van der Waals surface area contributed by atoms with Crippen molar-refractivity contribution < 1.29 is 28.7 Å². The van der Waals surface area contributed by atoms with E-state index >= 15 is 0 Å². The Morgan fingerprint density at radius 3 is 2.43 bits per heavy atom. The predicted molar refractivity (Wildman–Crippen MR) is 105 cm³/mol. The molecule has 0 radical (unpaired) electrons. The largest absolute Gasteiger partial charge is 0.508 e. The summed E-state index contributed by atoms with van der Waals surface area (Å²) in [5.74, 6) is 1.27. The van der Waals surface area contributed by atoms with Crippen molar-refractivity contribution in [3.05, 3.63) is 59.7 Å². The summed E-state index contributed by atoms with van der Waals surface area (Å²) in [6.45, 7) is 0.394. The van der Waals surface area contributed by atoms with Crippen LogP contribution in [0.25, 0.3) is 0 Å². The number of nitrogens with two attached hydrogens (primary N) is 1. The van der Waals surface area contributed by atoms with Crippen LogP contribution in [0.2, 0.25) is 0 Å². The van der Waals surface area contributed by atoms with Crippen molar-refractivity contribution in [3.63, 3.8) is 0 Å². The lowest BCUT2D eigenvalue weighted by Gasteiger charge is -2.24. The van der Waals surface area contributed by atoms with E-state index in [1.807, 2.05) is 36.4 Å². The molecule has 0 spiro atoms. The van der Waals surface area contributed by atoms with Gasteiger partial charge in [0.2, 0.25) is 0 Å². The summed E-state index contributed by atoms with van der Waals surface area (Å²) in [7, 11) is -4.50. The third-order valence-electron chi connectivity index (χ3n) is 5.11. The lowest BCUT2D eigenvalue weighted by Crippen LogP contribution is -2.41. The van der Waals surface area contributed by atoms with E-state index in [1.54, 1.807) is 12.1 Å². The van der Waals surface area contributed by atoms with Gasteiger partial charge in [-0.25, -0.2) is 4.57 Å². The van der Waals surface area contributed by atoms with Gasteiger partial charge in [0.15, 0.2) is 0 Å². The minimum absolute atomic E-state index is 0.147. The molecule has 1 saturated carbocycles. The van der Waals surface area contributed by atoms with Crippen molar-refractivity contribution >= 4 is 7.82 Å². The molecular formula is C20H26NO6P. The third-order valence-corrected chi connectivity index (χ3v) is 5.58. The van der Waals surface area contributed by atoms with E-state index in [1.165, 1.54) is 0 Å². The molecule has 28 heavy (non-hydrogen) atoms. The van der Waals surface area contributed by atoms with Crippen molar-refractivity contribution in [1.82, 2.24) is 0 Å². The van der Waals surface area contributed by atoms with E-state index in [0.29, 0.717) is 19.4 Å². The van der Waals surface area contributed by atoms with Gasteiger partial charge in [0.1, 0.15) is 11.5 Å². The van der Waals surface area contributed by atoms with Crippen LogP contribution in [0.15, 0.2) is 48.5 Å². The average Bonchev–Trinajstić information content (AvgIpc) is 3.05. The Kier molecular flexibility index (Phi) is 6.43. The van der Waals surface area contributed by atoms with Crippen LogP contribution in [0, 0.1) is 0 Å². The molecule has 152 valence electrons. The molecule has 0 aliphatic heterocycles. The standard InChI is InChI=1S/C20H26NO6P/c21-20(14-27-28(23,24)25)11-9-17(13-20)16-3-7-19(8-4-16)26-12-10-15-1-5-18(22)6-2-15/h1-8,17,22H,9-14,21H2,(H2,23,24,25)/t17-,20+/m1/s1. The van der Waals surface area contributed by atoms with Gasteiger partial charge in [-0.15, -0.1) is 0 Å². The van der Waals surface area contributed by atoms with E-state index < -0.39 is 13.4 Å². The van der Waals surface area contributed by atoms with Gasteiger partial charge in [-0.1, -0.05) is 24.3 Å². The van der Waals surface area contributed by atoms with Gasteiger partial charge >= 0.3 is 7.82 Å². The van der Waals surface area contributed by atoms with E-state index in [2.05, 4.69) is 4.52 Å². The molecule has 8 heteroatoms. The van der Waals surface area contributed by atoms with E-state index in [0.717, 1.165) is 29.7 Å². The van der Waals surface area contributed by atoms with Gasteiger partial charge in [-0.05, 0) is 60.6 Å². The van der Waals surface area contributed by atoms with E-state index in [4.69, 9.17) is 20.3 Å². The second-order valence-corrected chi connectivity index (χ2v) is 8.64. The molecule has 1 aliphatic rings. The lowest BCUT2D eigenvalue weighted by molar-refractivity contribution is 0.153. The van der Waals surface area contributed by atoms with Crippen LogP contribution in [-0.4, -0.2) is 33.6 Å². The van der Waals surface area contributed by atoms with Crippen LogP contribution in [0.1, 0.15) is 36.3 Å². The molecule has 2 atom stereocenters. The monoisotopic (exact) mass is 407 g/mol. The van der Waals surface area contributed by atoms with Crippen LogP contribution in [0.5, 0.6) is 11.5 Å². The SMILES string of the molecule is N[C@@]1(COP(=O)(O)O)CC[C@@H](c2ccc(OCCc3ccc(O)cc3)cc2)C1.